The van der Waals surface area contributed by atoms with Crippen molar-refractivity contribution in [3.8, 4) is 0 Å². The van der Waals surface area contributed by atoms with Crippen LogP contribution in [0.2, 0.25) is 0 Å². The first-order valence-electron chi connectivity index (χ1n) is 4.05. The summed E-state index contributed by atoms with van der Waals surface area (Å²) in [6.45, 7) is 0.747. The molecule has 0 bridgehead atoms. The van der Waals surface area contributed by atoms with Gasteiger partial charge in [0.2, 0.25) is 0 Å². The first-order valence-corrected chi connectivity index (χ1v) is 4.05. The molecular formula is C8H12N2O. The monoisotopic (exact) mass is 152 g/mol. The Kier molecular flexibility index (Phi) is 1.66. The highest BCUT2D eigenvalue weighted by molar-refractivity contribution is 5.24. The van der Waals surface area contributed by atoms with Crippen molar-refractivity contribution in [2.45, 2.75) is 25.2 Å². The van der Waals surface area contributed by atoms with E-state index in [1.807, 2.05) is 0 Å². The average molecular weight is 152 g/mol. The van der Waals surface area contributed by atoms with Crippen LogP contribution in [0.4, 0.5) is 0 Å². The maximum absolute atomic E-state index is 5.48. The second-order valence-corrected chi connectivity index (χ2v) is 3.04. The Labute approximate surface area is 65.6 Å². The molecule has 0 fully saturated rings. The Morgan fingerprint density at radius 1 is 1.73 bits per heavy atom. The molecule has 11 heavy (non-hydrogen) atoms. The van der Waals surface area contributed by atoms with Crippen LogP contribution < -0.4 is 5.73 Å². The van der Waals surface area contributed by atoms with E-state index in [2.05, 4.69) is 5.16 Å². The minimum Gasteiger partial charge on any atom is -0.364 e. The molecule has 0 aliphatic heterocycles. The Bertz CT molecular complexity index is 244. The molecule has 0 radical (unpaired) electrons. The summed E-state index contributed by atoms with van der Waals surface area (Å²) >= 11 is 0. The molecule has 1 aliphatic carbocycles. The van der Waals surface area contributed by atoms with Crippen LogP contribution in [0.15, 0.2) is 10.8 Å². The summed E-state index contributed by atoms with van der Waals surface area (Å²) in [6, 6.07) is 0. The van der Waals surface area contributed by atoms with E-state index in [1.54, 1.807) is 6.26 Å². The summed E-state index contributed by atoms with van der Waals surface area (Å²) in [4.78, 5) is 0. The van der Waals surface area contributed by atoms with Gasteiger partial charge < -0.3 is 10.3 Å². The Morgan fingerprint density at radius 2 is 2.64 bits per heavy atom. The molecule has 1 aromatic heterocycles. The maximum Gasteiger partial charge on any atom is 0.127 e. The molecule has 0 saturated heterocycles. The largest absolute Gasteiger partial charge is 0.364 e. The summed E-state index contributed by atoms with van der Waals surface area (Å²) in [7, 11) is 0. The van der Waals surface area contributed by atoms with E-state index in [4.69, 9.17) is 10.3 Å². The van der Waals surface area contributed by atoms with Crippen molar-refractivity contribution < 1.29 is 4.52 Å². The van der Waals surface area contributed by atoms with Crippen molar-refractivity contribution in [2.24, 2.45) is 5.73 Å². The highest BCUT2D eigenvalue weighted by Crippen LogP contribution is 2.33. The Morgan fingerprint density at radius 3 is 3.45 bits per heavy atom. The molecule has 3 nitrogen and oxygen atoms in total. The molecule has 60 valence electrons. The van der Waals surface area contributed by atoms with Gasteiger partial charge >= 0.3 is 0 Å². The number of nitrogens with zero attached hydrogens (tertiary/aromatic N) is 1. The van der Waals surface area contributed by atoms with Crippen molar-refractivity contribution in [1.82, 2.24) is 5.16 Å². The van der Waals surface area contributed by atoms with Crippen LogP contribution in [0.3, 0.4) is 0 Å². The number of nitrogens with two attached hydrogens (primary N) is 1. The fourth-order valence-corrected chi connectivity index (χ4v) is 1.74. The number of aromatic nitrogens is 1. The number of fused-ring (bicyclic) bond motifs is 1. The lowest BCUT2D eigenvalue weighted by Crippen LogP contribution is -2.05. The first-order chi connectivity index (χ1) is 5.42. The second kappa shape index (κ2) is 2.66. The van der Waals surface area contributed by atoms with Gasteiger partial charge in [-0.15, -0.1) is 0 Å². The van der Waals surface area contributed by atoms with Gasteiger partial charge in [-0.3, -0.25) is 0 Å². The van der Waals surface area contributed by atoms with E-state index in [-0.39, 0.29) is 0 Å². The van der Waals surface area contributed by atoms with Gasteiger partial charge in [0, 0.05) is 11.5 Å². The van der Waals surface area contributed by atoms with Gasteiger partial charge in [0.25, 0.3) is 0 Å². The summed E-state index contributed by atoms with van der Waals surface area (Å²) in [5.74, 6) is 0.564. The van der Waals surface area contributed by atoms with Gasteiger partial charge in [-0.25, -0.2) is 0 Å². The van der Waals surface area contributed by atoms with Crippen molar-refractivity contribution in [2.75, 3.05) is 6.54 Å². The van der Waals surface area contributed by atoms with E-state index in [0.717, 1.165) is 25.1 Å². The number of hydrogen-bond donors (Lipinski definition) is 1. The molecule has 0 spiro atoms. The molecule has 3 heteroatoms. The van der Waals surface area contributed by atoms with Gasteiger partial charge in [0.05, 0.1) is 5.69 Å². The Hall–Kier alpha value is -0.830. The minimum atomic E-state index is 0.564. The van der Waals surface area contributed by atoms with Crippen LogP contribution in [0.25, 0.3) is 0 Å². The smallest absolute Gasteiger partial charge is 0.127 e. The lowest BCUT2D eigenvalue weighted by Gasteiger charge is -2.03. The van der Waals surface area contributed by atoms with Crippen LogP contribution in [-0.2, 0) is 6.42 Å². The zero-order valence-electron chi connectivity index (χ0n) is 6.42. The van der Waals surface area contributed by atoms with Crippen LogP contribution in [0.5, 0.6) is 0 Å². The molecule has 0 aromatic carbocycles. The molecule has 0 amide bonds. The molecule has 1 atom stereocenters. The van der Waals surface area contributed by atoms with Crippen molar-refractivity contribution >= 4 is 0 Å². The van der Waals surface area contributed by atoms with Crippen molar-refractivity contribution in [3.63, 3.8) is 0 Å². The third-order valence-electron chi connectivity index (χ3n) is 2.34. The molecule has 1 unspecified atom stereocenters. The summed E-state index contributed by atoms with van der Waals surface area (Å²) in [6.07, 6.45) is 5.11. The SMILES string of the molecule is NCCC1CCc2conc21. The highest BCUT2D eigenvalue weighted by atomic mass is 16.5. The topological polar surface area (TPSA) is 52.0 Å². The number of hydrogen-bond acceptors (Lipinski definition) is 3. The highest BCUT2D eigenvalue weighted by Gasteiger charge is 2.25. The van der Waals surface area contributed by atoms with Crippen LogP contribution >= 0.6 is 0 Å². The molecule has 2 N–H and O–H groups in total. The predicted octanol–water partition coefficient (Wildman–Crippen LogP) is 1.05. The van der Waals surface area contributed by atoms with E-state index in [9.17, 15) is 0 Å². The summed E-state index contributed by atoms with van der Waals surface area (Å²) < 4.78 is 4.87. The molecule has 0 saturated carbocycles. The molecular weight excluding hydrogens is 140 g/mol. The molecule has 1 aromatic rings. The molecule has 2 rings (SSSR count). The van der Waals surface area contributed by atoms with Crippen molar-refractivity contribution in [1.29, 1.82) is 0 Å². The quantitative estimate of drug-likeness (QED) is 0.689. The van der Waals surface area contributed by atoms with Gasteiger partial charge in [-0.05, 0) is 25.8 Å². The van der Waals surface area contributed by atoms with E-state index >= 15 is 0 Å². The second-order valence-electron chi connectivity index (χ2n) is 3.04. The van der Waals surface area contributed by atoms with Gasteiger partial charge in [0.15, 0.2) is 0 Å². The zero-order valence-corrected chi connectivity index (χ0v) is 6.42. The average Bonchev–Trinajstić information content (AvgIpc) is 2.53. The standard InChI is InChI=1S/C8H12N2O/c9-4-3-6-1-2-7-5-11-10-8(6)7/h5-6H,1-4,9H2. The molecule has 1 heterocycles. The van der Waals surface area contributed by atoms with Gasteiger partial charge in [-0.1, -0.05) is 5.16 Å². The predicted molar refractivity (Wildman–Crippen MR) is 41.2 cm³/mol. The summed E-state index contributed by atoms with van der Waals surface area (Å²) in [5.41, 5.74) is 7.91. The van der Waals surface area contributed by atoms with Gasteiger partial charge in [0.1, 0.15) is 6.26 Å². The lowest BCUT2D eigenvalue weighted by molar-refractivity contribution is 0.397. The van der Waals surface area contributed by atoms with E-state index in [0.29, 0.717) is 5.92 Å². The van der Waals surface area contributed by atoms with Crippen LogP contribution in [-0.4, -0.2) is 11.7 Å². The lowest BCUT2D eigenvalue weighted by atomic mass is 10.0. The fourth-order valence-electron chi connectivity index (χ4n) is 1.74. The number of rotatable bonds is 2. The van der Waals surface area contributed by atoms with E-state index < -0.39 is 0 Å². The normalized spacial score (nSPS) is 22.1. The van der Waals surface area contributed by atoms with Crippen LogP contribution in [0.1, 0.15) is 30.0 Å². The van der Waals surface area contributed by atoms with Crippen molar-refractivity contribution in [3.05, 3.63) is 17.5 Å². The first kappa shape index (κ1) is 6.85. The summed E-state index contributed by atoms with van der Waals surface area (Å²) in [5, 5.41) is 3.97. The van der Waals surface area contributed by atoms with E-state index in [1.165, 1.54) is 12.0 Å². The van der Waals surface area contributed by atoms with Crippen LogP contribution in [0, 0.1) is 0 Å². The Balaban J connectivity index is 2.18. The van der Waals surface area contributed by atoms with Gasteiger partial charge in [-0.2, -0.15) is 0 Å². The minimum absolute atomic E-state index is 0.564. The third-order valence-corrected chi connectivity index (χ3v) is 2.34. The zero-order chi connectivity index (χ0) is 7.68. The third kappa shape index (κ3) is 1.05. The maximum atomic E-state index is 5.48. The number of aryl methyl sites for hydroxylation is 1. The molecule has 1 aliphatic rings. The fraction of sp³-hybridized carbons (Fsp3) is 0.625.